The highest BCUT2D eigenvalue weighted by atomic mass is 32.2. The lowest BCUT2D eigenvalue weighted by molar-refractivity contribution is 0.389. The first-order valence-corrected chi connectivity index (χ1v) is 13.3. The number of hydrogen-bond donors (Lipinski definition) is 2. The van der Waals surface area contributed by atoms with Crippen molar-refractivity contribution in [3.8, 4) is 11.5 Å². The minimum absolute atomic E-state index is 0.110. The van der Waals surface area contributed by atoms with Crippen LogP contribution in [0.4, 0.5) is 0 Å². The maximum Gasteiger partial charge on any atom is 0.132 e. The van der Waals surface area contributed by atoms with E-state index in [4.69, 9.17) is 20.9 Å². The standard InChI is InChI=1S/C13H21NO2S.C13H21NS/c1-5-17-13-8-11(15-3)10(6-9(2)14)7-12(13)16-4;1-5-15-13-7-9(2)12(6-10(13)3)8-11(4)14/h7-9H,5-6,14H2,1-4H3;6-7,11H,5,8,14H2,1-4H3. The second kappa shape index (κ2) is 14.7. The van der Waals surface area contributed by atoms with Crippen LogP contribution in [-0.2, 0) is 12.8 Å². The first kappa shape index (κ1) is 28.7. The summed E-state index contributed by atoms with van der Waals surface area (Å²) >= 11 is 3.66. The zero-order valence-electron chi connectivity index (χ0n) is 21.1. The van der Waals surface area contributed by atoms with Crippen LogP contribution in [0.3, 0.4) is 0 Å². The van der Waals surface area contributed by atoms with Gasteiger partial charge in [0.2, 0.25) is 0 Å². The van der Waals surface area contributed by atoms with Crippen LogP contribution in [0.15, 0.2) is 34.1 Å². The number of nitrogens with two attached hydrogens (primary N) is 2. The van der Waals surface area contributed by atoms with Crippen molar-refractivity contribution in [1.82, 2.24) is 0 Å². The molecule has 4 nitrogen and oxygen atoms in total. The van der Waals surface area contributed by atoms with Gasteiger partial charge < -0.3 is 20.9 Å². The molecule has 0 fully saturated rings. The highest BCUT2D eigenvalue weighted by Crippen LogP contribution is 2.36. The largest absolute Gasteiger partial charge is 0.496 e. The summed E-state index contributed by atoms with van der Waals surface area (Å²) in [5.74, 6) is 3.92. The first-order valence-electron chi connectivity index (χ1n) is 11.3. The van der Waals surface area contributed by atoms with Crippen molar-refractivity contribution in [2.45, 2.75) is 76.3 Å². The molecule has 0 heterocycles. The van der Waals surface area contributed by atoms with Gasteiger partial charge in [-0.3, -0.25) is 0 Å². The molecule has 6 heteroatoms. The minimum Gasteiger partial charge on any atom is -0.496 e. The van der Waals surface area contributed by atoms with Gasteiger partial charge in [0.15, 0.2) is 0 Å². The molecule has 0 aliphatic rings. The van der Waals surface area contributed by atoms with Gasteiger partial charge in [0, 0.05) is 17.0 Å². The molecule has 0 saturated heterocycles. The molecule has 4 N–H and O–H groups in total. The number of benzene rings is 2. The van der Waals surface area contributed by atoms with E-state index in [0.717, 1.165) is 46.3 Å². The predicted molar refractivity (Wildman–Crippen MR) is 143 cm³/mol. The van der Waals surface area contributed by atoms with E-state index in [1.807, 2.05) is 30.8 Å². The third-order valence-corrected chi connectivity index (χ3v) is 6.84. The Bertz CT molecular complexity index is 839. The summed E-state index contributed by atoms with van der Waals surface area (Å²) in [6.07, 6.45) is 1.76. The van der Waals surface area contributed by atoms with Crippen LogP contribution in [-0.4, -0.2) is 37.8 Å². The number of thioether (sulfide) groups is 2. The SMILES string of the molecule is CCSc1cc(C)c(CC(C)N)cc1C.CCSc1cc(OC)c(CC(C)N)cc1OC. The number of ether oxygens (including phenoxy) is 2. The molecule has 0 radical (unpaired) electrons. The van der Waals surface area contributed by atoms with E-state index < -0.39 is 0 Å². The zero-order chi connectivity index (χ0) is 24.3. The summed E-state index contributed by atoms with van der Waals surface area (Å²) in [4.78, 5) is 2.52. The lowest BCUT2D eigenvalue weighted by Crippen LogP contribution is -2.18. The van der Waals surface area contributed by atoms with Gasteiger partial charge in [-0.1, -0.05) is 19.9 Å². The Morgan fingerprint density at radius 1 is 0.719 bits per heavy atom. The van der Waals surface area contributed by atoms with E-state index in [1.165, 1.54) is 21.6 Å². The third kappa shape index (κ3) is 9.26. The van der Waals surface area contributed by atoms with Gasteiger partial charge in [-0.15, -0.1) is 23.5 Å². The molecule has 0 spiro atoms. The number of rotatable bonds is 10. The molecule has 0 aliphatic heterocycles. The maximum absolute atomic E-state index is 5.83. The van der Waals surface area contributed by atoms with Crippen LogP contribution >= 0.6 is 23.5 Å². The fourth-order valence-electron chi connectivity index (χ4n) is 3.43. The number of aryl methyl sites for hydroxylation is 2. The molecule has 0 amide bonds. The molecule has 180 valence electrons. The summed E-state index contributed by atoms with van der Waals surface area (Å²) in [7, 11) is 3.38. The Hall–Kier alpha value is -1.34. The zero-order valence-corrected chi connectivity index (χ0v) is 22.7. The van der Waals surface area contributed by atoms with E-state index in [1.54, 1.807) is 26.0 Å². The lowest BCUT2D eigenvalue weighted by Gasteiger charge is -2.15. The highest BCUT2D eigenvalue weighted by Gasteiger charge is 2.12. The van der Waals surface area contributed by atoms with Gasteiger partial charge in [-0.2, -0.15) is 0 Å². The van der Waals surface area contributed by atoms with E-state index >= 15 is 0 Å². The molecule has 2 aromatic carbocycles. The molecule has 2 rings (SSSR count). The first-order chi connectivity index (χ1) is 15.2. The van der Waals surface area contributed by atoms with Crippen LogP contribution in [0, 0.1) is 13.8 Å². The minimum atomic E-state index is 0.110. The Balaban J connectivity index is 0.000000323. The summed E-state index contributed by atoms with van der Waals surface area (Å²) in [5, 5.41) is 0. The molecular formula is C26H42N2O2S2. The molecule has 0 bridgehead atoms. The van der Waals surface area contributed by atoms with Gasteiger partial charge in [0.1, 0.15) is 11.5 Å². The second-order valence-corrected chi connectivity index (χ2v) is 10.7. The molecule has 0 aromatic heterocycles. The topological polar surface area (TPSA) is 70.5 Å². The van der Waals surface area contributed by atoms with Crippen molar-refractivity contribution in [1.29, 1.82) is 0 Å². The fourth-order valence-corrected chi connectivity index (χ4v) is 5.08. The van der Waals surface area contributed by atoms with Crippen LogP contribution in [0.25, 0.3) is 0 Å². The Labute approximate surface area is 204 Å². The average molecular weight is 479 g/mol. The Kier molecular flexibility index (Phi) is 13.2. The summed E-state index contributed by atoms with van der Waals surface area (Å²) in [5.41, 5.74) is 16.9. The van der Waals surface area contributed by atoms with Crippen LogP contribution in [0.5, 0.6) is 11.5 Å². The van der Waals surface area contributed by atoms with Gasteiger partial charge in [-0.05, 0) is 92.5 Å². The summed E-state index contributed by atoms with van der Waals surface area (Å²) < 4.78 is 10.8. The van der Waals surface area contributed by atoms with Crippen molar-refractivity contribution in [2.75, 3.05) is 25.7 Å². The smallest absolute Gasteiger partial charge is 0.132 e. The third-order valence-electron chi connectivity index (χ3n) is 4.88. The van der Waals surface area contributed by atoms with Crippen LogP contribution < -0.4 is 20.9 Å². The van der Waals surface area contributed by atoms with E-state index in [2.05, 4.69) is 46.8 Å². The molecule has 2 unspecified atom stereocenters. The maximum atomic E-state index is 5.83. The predicted octanol–water partition coefficient (Wildman–Crippen LogP) is 6.01. The molecule has 2 aromatic rings. The van der Waals surface area contributed by atoms with Crippen LogP contribution in [0.1, 0.15) is 49.9 Å². The van der Waals surface area contributed by atoms with Crippen molar-refractivity contribution in [2.24, 2.45) is 11.5 Å². The summed E-state index contributed by atoms with van der Waals surface area (Å²) in [6, 6.07) is 8.99. The van der Waals surface area contributed by atoms with Crippen LogP contribution in [0.2, 0.25) is 0 Å². The number of methoxy groups -OCH3 is 2. The van der Waals surface area contributed by atoms with Crippen molar-refractivity contribution in [3.63, 3.8) is 0 Å². The fraction of sp³-hybridized carbons (Fsp3) is 0.538. The normalized spacial score (nSPS) is 12.6. The van der Waals surface area contributed by atoms with E-state index in [0.29, 0.717) is 0 Å². The van der Waals surface area contributed by atoms with E-state index in [-0.39, 0.29) is 12.1 Å². The highest BCUT2D eigenvalue weighted by molar-refractivity contribution is 7.99. The quantitative estimate of drug-likeness (QED) is 0.408. The molecule has 0 saturated carbocycles. The Morgan fingerprint density at radius 3 is 1.75 bits per heavy atom. The lowest BCUT2D eigenvalue weighted by atomic mass is 10.00. The van der Waals surface area contributed by atoms with Gasteiger partial charge in [0.05, 0.1) is 19.1 Å². The molecule has 32 heavy (non-hydrogen) atoms. The molecule has 2 atom stereocenters. The van der Waals surface area contributed by atoms with E-state index in [9.17, 15) is 0 Å². The second-order valence-electron chi connectivity index (χ2n) is 8.09. The molecular weight excluding hydrogens is 436 g/mol. The van der Waals surface area contributed by atoms with Crippen molar-refractivity contribution >= 4 is 23.5 Å². The summed E-state index contributed by atoms with van der Waals surface area (Å²) in [6.45, 7) is 12.7. The average Bonchev–Trinajstić information content (AvgIpc) is 2.72. The van der Waals surface area contributed by atoms with Gasteiger partial charge >= 0.3 is 0 Å². The van der Waals surface area contributed by atoms with Gasteiger partial charge in [-0.25, -0.2) is 0 Å². The monoisotopic (exact) mass is 478 g/mol. The van der Waals surface area contributed by atoms with Crippen molar-refractivity contribution < 1.29 is 9.47 Å². The number of hydrogen-bond acceptors (Lipinski definition) is 6. The molecule has 0 aliphatic carbocycles. The van der Waals surface area contributed by atoms with Gasteiger partial charge in [0.25, 0.3) is 0 Å². The Morgan fingerprint density at radius 2 is 1.25 bits per heavy atom. The van der Waals surface area contributed by atoms with Crippen molar-refractivity contribution in [3.05, 3.63) is 46.5 Å².